The Morgan fingerprint density at radius 2 is 0.519 bits per heavy atom. The van der Waals surface area contributed by atoms with Crippen LogP contribution in [0.25, 0.3) is 0 Å². The number of rotatable bonds is 59. The molecule has 0 aliphatic carbocycles. The van der Waals surface area contributed by atoms with Crippen LogP contribution >= 0.6 is 0 Å². The Labute approximate surface area is 488 Å². The van der Waals surface area contributed by atoms with E-state index in [1.54, 1.807) is 0 Å². The van der Waals surface area contributed by atoms with Crippen molar-refractivity contribution in [1.29, 1.82) is 0 Å². The van der Waals surface area contributed by atoms with E-state index < -0.39 is 6.10 Å². The zero-order chi connectivity index (χ0) is 57.1. The molecule has 0 aliphatic rings. The van der Waals surface area contributed by atoms with E-state index in [0.29, 0.717) is 19.3 Å². The quantitative estimate of drug-likeness (QED) is 0.0261. The van der Waals surface area contributed by atoms with E-state index in [1.165, 1.54) is 122 Å². The lowest BCUT2D eigenvalue weighted by molar-refractivity contribution is -0.167. The number of carbonyl (C=O) groups is 3. The fourth-order valence-electron chi connectivity index (χ4n) is 8.99. The molecule has 0 aromatic heterocycles. The van der Waals surface area contributed by atoms with E-state index in [-0.39, 0.29) is 31.1 Å². The third-order valence-corrected chi connectivity index (χ3v) is 13.9. The van der Waals surface area contributed by atoms with Crippen molar-refractivity contribution >= 4 is 17.9 Å². The molecule has 0 aromatic carbocycles. The molecular weight excluding hydrogens is 973 g/mol. The van der Waals surface area contributed by atoms with E-state index in [9.17, 15) is 14.4 Å². The Bertz CT molecular complexity index is 1640. The van der Waals surface area contributed by atoms with Crippen LogP contribution < -0.4 is 0 Å². The molecule has 0 spiro atoms. The summed E-state index contributed by atoms with van der Waals surface area (Å²) in [5.41, 5.74) is 0. The largest absolute Gasteiger partial charge is 0.462 e. The molecule has 0 radical (unpaired) electrons. The zero-order valence-electron chi connectivity index (χ0n) is 51.6. The number of unbranched alkanes of at least 4 members (excludes halogenated alkanes) is 28. The lowest BCUT2D eigenvalue weighted by Gasteiger charge is -2.18. The van der Waals surface area contributed by atoms with Crippen molar-refractivity contribution in [3.05, 3.63) is 122 Å². The molecule has 450 valence electrons. The van der Waals surface area contributed by atoms with E-state index in [2.05, 4.69) is 142 Å². The molecule has 0 saturated heterocycles. The molecule has 0 aromatic rings. The van der Waals surface area contributed by atoms with E-state index in [1.807, 2.05) is 0 Å². The first-order valence-corrected chi connectivity index (χ1v) is 33.0. The zero-order valence-corrected chi connectivity index (χ0v) is 51.6. The van der Waals surface area contributed by atoms with E-state index in [0.717, 1.165) is 141 Å². The molecule has 0 rings (SSSR count). The normalized spacial score (nSPS) is 12.9. The summed E-state index contributed by atoms with van der Waals surface area (Å²) in [5, 5.41) is 0. The highest BCUT2D eigenvalue weighted by molar-refractivity contribution is 5.71. The predicted octanol–water partition coefficient (Wildman–Crippen LogP) is 22.8. The molecule has 1 atom stereocenters. The first-order valence-electron chi connectivity index (χ1n) is 33.0. The van der Waals surface area contributed by atoms with Crippen molar-refractivity contribution in [2.24, 2.45) is 0 Å². The van der Waals surface area contributed by atoms with Crippen LogP contribution in [0.1, 0.15) is 303 Å². The molecule has 79 heavy (non-hydrogen) atoms. The van der Waals surface area contributed by atoms with Gasteiger partial charge in [-0.2, -0.15) is 0 Å². The van der Waals surface area contributed by atoms with Gasteiger partial charge in [-0.3, -0.25) is 14.4 Å². The maximum Gasteiger partial charge on any atom is 0.306 e. The molecule has 0 fully saturated rings. The van der Waals surface area contributed by atoms with Crippen molar-refractivity contribution in [2.45, 2.75) is 309 Å². The predicted molar refractivity (Wildman–Crippen MR) is 343 cm³/mol. The summed E-state index contributed by atoms with van der Waals surface area (Å²) >= 11 is 0. The van der Waals surface area contributed by atoms with Crippen LogP contribution in [0, 0.1) is 0 Å². The van der Waals surface area contributed by atoms with Crippen molar-refractivity contribution in [3.8, 4) is 0 Å². The van der Waals surface area contributed by atoms with Crippen molar-refractivity contribution < 1.29 is 28.6 Å². The highest BCUT2D eigenvalue weighted by Crippen LogP contribution is 2.16. The summed E-state index contributed by atoms with van der Waals surface area (Å²) in [4.78, 5) is 38.4. The van der Waals surface area contributed by atoms with Crippen LogP contribution in [-0.4, -0.2) is 37.2 Å². The van der Waals surface area contributed by atoms with Crippen LogP contribution in [0.15, 0.2) is 122 Å². The Balaban J connectivity index is 4.37. The monoisotopic (exact) mass is 1090 g/mol. The molecule has 0 heterocycles. The van der Waals surface area contributed by atoms with E-state index in [4.69, 9.17) is 14.2 Å². The molecule has 0 N–H and O–H groups in total. The first-order chi connectivity index (χ1) is 39.0. The maximum absolute atomic E-state index is 12.9. The first kappa shape index (κ1) is 74.8. The lowest BCUT2D eigenvalue weighted by atomic mass is 10.1. The van der Waals surface area contributed by atoms with Gasteiger partial charge >= 0.3 is 17.9 Å². The van der Waals surface area contributed by atoms with E-state index >= 15 is 0 Å². The van der Waals surface area contributed by atoms with Gasteiger partial charge in [-0.05, 0) is 128 Å². The van der Waals surface area contributed by atoms with Crippen LogP contribution in [-0.2, 0) is 28.6 Å². The smallest absolute Gasteiger partial charge is 0.306 e. The average molecular weight is 1100 g/mol. The Morgan fingerprint density at radius 3 is 0.823 bits per heavy atom. The van der Waals surface area contributed by atoms with Gasteiger partial charge in [0.15, 0.2) is 6.10 Å². The van der Waals surface area contributed by atoms with Gasteiger partial charge in [-0.1, -0.05) is 277 Å². The van der Waals surface area contributed by atoms with Gasteiger partial charge < -0.3 is 14.2 Å². The number of esters is 3. The average Bonchev–Trinajstić information content (AvgIpc) is 3.45. The highest BCUT2D eigenvalue weighted by Gasteiger charge is 2.19. The summed E-state index contributed by atoms with van der Waals surface area (Å²) < 4.78 is 16.9. The fourth-order valence-corrected chi connectivity index (χ4v) is 8.99. The second-order valence-electron chi connectivity index (χ2n) is 21.6. The Hall–Kier alpha value is -4.19. The van der Waals surface area contributed by atoms with Crippen molar-refractivity contribution in [1.82, 2.24) is 0 Å². The maximum atomic E-state index is 12.9. The van der Waals surface area contributed by atoms with Gasteiger partial charge in [0, 0.05) is 19.3 Å². The number of allylic oxidation sites excluding steroid dienone is 20. The second kappa shape index (κ2) is 66.3. The summed E-state index contributed by atoms with van der Waals surface area (Å²) in [6.07, 6.45) is 92.0. The summed E-state index contributed by atoms with van der Waals surface area (Å²) in [6, 6.07) is 0. The molecule has 0 aliphatic heterocycles. The Kier molecular flexibility index (Phi) is 62.8. The van der Waals surface area contributed by atoms with Gasteiger partial charge in [0.2, 0.25) is 0 Å². The topological polar surface area (TPSA) is 78.9 Å². The number of hydrogen-bond acceptors (Lipinski definition) is 6. The third-order valence-electron chi connectivity index (χ3n) is 13.9. The summed E-state index contributed by atoms with van der Waals surface area (Å²) in [5.74, 6) is -0.915. The lowest BCUT2D eigenvalue weighted by Crippen LogP contribution is -2.30. The van der Waals surface area contributed by atoms with Gasteiger partial charge in [0.1, 0.15) is 13.2 Å². The van der Waals surface area contributed by atoms with Gasteiger partial charge in [0.05, 0.1) is 0 Å². The van der Waals surface area contributed by atoms with Crippen LogP contribution in [0.5, 0.6) is 0 Å². The van der Waals surface area contributed by atoms with Gasteiger partial charge in [-0.25, -0.2) is 0 Å². The minimum atomic E-state index is -0.797. The third kappa shape index (κ3) is 64.5. The van der Waals surface area contributed by atoms with Gasteiger partial charge in [0.25, 0.3) is 0 Å². The highest BCUT2D eigenvalue weighted by atomic mass is 16.6. The minimum Gasteiger partial charge on any atom is -0.462 e. The molecule has 1 unspecified atom stereocenters. The molecule has 0 bridgehead atoms. The van der Waals surface area contributed by atoms with Crippen molar-refractivity contribution in [3.63, 3.8) is 0 Å². The van der Waals surface area contributed by atoms with Crippen LogP contribution in [0.2, 0.25) is 0 Å². The minimum absolute atomic E-state index is 0.0912. The fraction of sp³-hybridized carbons (Fsp3) is 0.685. The summed E-state index contributed by atoms with van der Waals surface area (Å²) in [6.45, 7) is 6.44. The molecular formula is C73H122O6. The molecule has 0 saturated carbocycles. The van der Waals surface area contributed by atoms with Crippen LogP contribution in [0.3, 0.4) is 0 Å². The number of carbonyl (C=O) groups excluding carboxylic acids is 3. The number of hydrogen-bond donors (Lipinski definition) is 0. The SMILES string of the molecule is CC/C=C\C/C=C\C/C=C\C/C=C\C/C=C\CCCCCCCCCC(=O)OC(COC(=O)CCCCCCC/C=C\C/C=C\CCC)COC(=O)CCCCCCCCCCCC/C=C\C/C=C\C/C=C\CCCCCCC. The second-order valence-corrected chi connectivity index (χ2v) is 21.6. The van der Waals surface area contributed by atoms with Gasteiger partial charge in [-0.15, -0.1) is 0 Å². The standard InChI is InChI=1S/C73H122O6/c1-4-7-10-13-16-19-22-25-27-29-31-33-35-36-38-39-41-43-45-48-51-54-57-60-63-66-72(75)78-69-70(68-77-71(74)65-62-59-56-53-50-47-24-21-18-15-12-9-6-3)79-73(76)67-64-61-58-55-52-49-46-44-42-40-37-34-32-30-28-26-23-20-17-14-11-8-5-2/h8,11-12,15,17,20-22,24-26,28-29,31-32,34-36,40,42,70H,4-7,9-10,13-14,16,18-19,23,27,30,33,37-39,41,43-69H2,1-3H3/b11-8-,15-12-,20-17-,24-21-,25-22-,28-26-,31-29-,34-32-,36-35-,42-40-. The molecule has 6 nitrogen and oxygen atoms in total. The number of ether oxygens (including phenoxy) is 3. The summed E-state index contributed by atoms with van der Waals surface area (Å²) in [7, 11) is 0. The molecule has 6 heteroatoms. The van der Waals surface area contributed by atoms with Crippen LogP contribution in [0.4, 0.5) is 0 Å². The Morgan fingerprint density at radius 1 is 0.266 bits per heavy atom. The van der Waals surface area contributed by atoms with Crippen molar-refractivity contribution in [2.75, 3.05) is 13.2 Å². The molecule has 0 amide bonds.